The molecule has 2 amide bonds. The van der Waals surface area contributed by atoms with Gasteiger partial charge in [0.25, 0.3) is 0 Å². The molecule has 0 radical (unpaired) electrons. The van der Waals surface area contributed by atoms with Gasteiger partial charge in [0.1, 0.15) is 0 Å². The summed E-state index contributed by atoms with van der Waals surface area (Å²) in [6.07, 6.45) is 1.43. The van der Waals surface area contributed by atoms with E-state index in [0.717, 1.165) is 5.56 Å². The highest BCUT2D eigenvalue weighted by atomic mass is 16.2. The molecule has 3 heteroatoms. The number of aryl methyl sites for hydroxylation is 1. The van der Waals surface area contributed by atoms with Gasteiger partial charge in [0, 0.05) is 6.42 Å². The third-order valence-electron chi connectivity index (χ3n) is 1.70. The predicted octanol–water partition coefficient (Wildman–Crippen LogP) is 0.892. The Labute approximate surface area is 76.8 Å². The van der Waals surface area contributed by atoms with Gasteiger partial charge in [-0.15, -0.1) is 0 Å². The predicted molar refractivity (Wildman–Crippen MR) is 49.0 cm³/mol. The first kappa shape index (κ1) is 9.45. The van der Waals surface area contributed by atoms with E-state index in [1.165, 1.54) is 0 Å². The lowest BCUT2D eigenvalue weighted by atomic mass is 10.1. The lowest BCUT2D eigenvalue weighted by Gasteiger charge is -1.98. The molecule has 0 heterocycles. The maximum absolute atomic E-state index is 10.9. The lowest BCUT2D eigenvalue weighted by Crippen LogP contribution is -2.21. The van der Waals surface area contributed by atoms with Crippen LogP contribution in [0.2, 0.25) is 0 Å². The van der Waals surface area contributed by atoms with Crippen molar-refractivity contribution in [2.45, 2.75) is 12.8 Å². The van der Waals surface area contributed by atoms with Gasteiger partial charge in [-0.1, -0.05) is 30.3 Å². The molecular weight excluding hydrogens is 166 g/mol. The van der Waals surface area contributed by atoms with Gasteiger partial charge < -0.3 is 0 Å². The van der Waals surface area contributed by atoms with Crippen LogP contribution in [0.1, 0.15) is 12.0 Å². The summed E-state index contributed by atoms with van der Waals surface area (Å²) >= 11 is 0. The van der Waals surface area contributed by atoms with Crippen LogP contribution in [0, 0.1) is 0 Å². The minimum atomic E-state index is -0.237. The first-order valence-corrected chi connectivity index (χ1v) is 4.10. The van der Waals surface area contributed by atoms with Crippen LogP contribution >= 0.6 is 0 Å². The number of hydrogen-bond acceptors (Lipinski definition) is 2. The van der Waals surface area contributed by atoms with E-state index < -0.39 is 0 Å². The molecule has 0 fully saturated rings. The SMILES string of the molecule is O=CNC(=O)CCc1ccccc1. The van der Waals surface area contributed by atoms with Gasteiger partial charge >= 0.3 is 0 Å². The Balaban J connectivity index is 2.35. The van der Waals surface area contributed by atoms with Gasteiger partial charge in [-0.25, -0.2) is 0 Å². The first-order chi connectivity index (χ1) is 6.33. The lowest BCUT2D eigenvalue weighted by molar-refractivity contribution is -0.125. The molecule has 0 saturated heterocycles. The van der Waals surface area contributed by atoms with Crippen LogP contribution in [0.4, 0.5) is 0 Å². The van der Waals surface area contributed by atoms with Crippen molar-refractivity contribution < 1.29 is 9.59 Å². The Morgan fingerprint density at radius 1 is 1.31 bits per heavy atom. The minimum Gasteiger partial charge on any atom is -0.299 e. The fourth-order valence-corrected chi connectivity index (χ4v) is 1.04. The van der Waals surface area contributed by atoms with Crippen LogP contribution in [0.5, 0.6) is 0 Å². The molecule has 0 atom stereocenters. The molecule has 0 saturated carbocycles. The molecule has 0 aliphatic carbocycles. The molecule has 0 aliphatic heterocycles. The van der Waals surface area contributed by atoms with Crippen molar-refractivity contribution in [1.82, 2.24) is 5.32 Å². The molecule has 0 bridgehead atoms. The highest BCUT2D eigenvalue weighted by Crippen LogP contribution is 2.01. The zero-order valence-electron chi connectivity index (χ0n) is 7.19. The number of hydrogen-bond donors (Lipinski definition) is 1. The van der Waals surface area contributed by atoms with Crippen molar-refractivity contribution in [2.24, 2.45) is 0 Å². The van der Waals surface area contributed by atoms with Gasteiger partial charge in [0.05, 0.1) is 0 Å². The summed E-state index contributed by atoms with van der Waals surface area (Å²) in [5.74, 6) is -0.237. The number of carbonyl (C=O) groups is 2. The van der Waals surface area contributed by atoms with E-state index in [2.05, 4.69) is 5.32 Å². The number of amides is 2. The number of carbonyl (C=O) groups excluding carboxylic acids is 2. The van der Waals surface area contributed by atoms with E-state index in [9.17, 15) is 9.59 Å². The number of nitrogens with one attached hydrogen (secondary N) is 1. The van der Waals surface area contributed by atoms with Crippen LogP contribution in [0.25, 0.3) is 0 Å². The second-order valence-corrected chi connectivity index (χ2v) is 2.67. The van der Waals surface area contributed by atoms with Crippen LogP contribution in [-0.2, 0) is 16.0 Å². The maximum Gasteiger partial charge on any atom is 0.226 e. The average Bonchev–Trinajstić information content (AvgIpc) is 2.17. The van der Waals surface area contributed by atoms with Gasteiger partial charge in [-0.3, -0.25) is 14.9 Å². The molecule has 1 N–H and O–H groups in total. The summed E-state index contributed by atoms with van der Waals surface area (Å²) < 4.78 is 0. The summed E-state index contributed by atoms with van der Waals surface area (Å²) in [4.78, 5) is 20.8. The largest absolute Gasteiger partial charge is 0.299 e. The van der Waals surface area contributed by atoms with Crippen molar-refractivity contribution >= 4 is 12.3 Å². The van der Waals surface area contributed by atoms with Gasteiger partial charge in [-0.05, 0) is 12.0 Å². The topological polar surface area (TPSA) is 46.2 Å². The third-order valence-corrected chi connectivity index (χ3v) is 1.70. The van der Waals surface area contributed by atoms with Crippen molar-refractivity contribution in [1.29, 1.82) is 0 Å². The van der Waals surface area contributed by atoms with Gasteiger partial charge in [-0.2, -0.15) is 0 Å². The Hall–Kier alpha value is -1.64. The maximum atomic E-state index is 10.9. The van der Waals surface area contributed by atoms with Crippen molar-refractivity contribution in [2.75, 3.05) is 0 Å². The first-order valence-electron chi connectivity index (χ1n) is 4.10. The summed E-state index contributed by atoms with van der Waals surface area (Å²) in [7, 11) is 0. The molecule has 0 aromatic heterocycles. The molecule has 1 aromatic rings. The third kappa shape index (κ3) is 3.51. The standard InChI is InChI=1S/C10H11NO2/c12-8-11-10(13)7-6-9-4-2-1-3-5-9/h1-5,8H,6-7H2,(H,11,12,13). The normalized spacial score (nSPS) is 9.23. The van der Waals surface area contributed by atoms with E-state index in [1.54, 1.807) is 0 Å². The monoisotopic (exact) mass is 177 g/mol. The molecule has 68 valence electrons. The van der Waals surface area contributed by atoms with E-state index in [4.69, 9.17) is 0 Å². The zero-order valence-corrected chi connectivity index (χ0v) is 7.19. The highest BCUT2D eigenvalue weighted by molar-refractivity contribution is 5.85. The molecule has 0 unspecified atom stereocenters. The quantitative estimate of drug-likeness (QED) is 0.694. The summed E-state index contributed by atoms with van der Waals surface area (Å²) in [6, 6.07) is 9.68. The highest BCUT2D eigenvalue weighted by Gasteiger charge is 1.99. The average molecular weight is 177 g/mol. The second-order valence-electron chi connectivity index (χ2n) is 2.67. The Bertz CT molecular complexity index is 282. The summed E-state index contributed by atoms with van der Waals surface area (Å²) in [5, 5.41) is 2.10. The van der Waals surface area contributed by atoms with E-state index >= 15 is 0 Å². The van der Waals surface area contributed by atoms with Crippen LogP contribution in [0.15, 0.2) is 30.3 Å². The van der Waals surface area contributed by atoms with Crippen molar-refractivity contribution in [3.63, 3.8) is 0 Å². The second kappa shape index (κ2) is 5.09. The molecule has 0 spiro atoms. The Morgan fingerprint density at radius 2 is 2.00 bits per heavy atom. The van der Waals surface area contributed by atoms with E-state index in [-0.39, 0.29) is 5.91 Å². The van der Waals surface area contributed by atoms with Gasteiger partial charge in [0.2, 0.25) is 12.3 Å². The van der Waals surface area contributed by atoms with Crippen molar-refractivity contribution in [3.05, 3.63) is 35.9 Å². The molecule has 1 rings (SSSR count). The summed E-state index contributed by atoms with van der Waals surface area (Å²) in [6.45, 7) is 0. The van der Waals surface area contributed by atoms with E-state index in [1.807, 2.05) is 30.3 Å². The molecule has 3 nitrogen and oxygen atoms in total. The smallest absolute Gasteiger partial charge is 0.226 e. The number of benzene rings is 1. The molecule has 13 heavy (non-hydrogen) atoms. The van der Waals surface area contributed by atoms with Crippen LogP contribution in [-0.4, -0.2) is 12.3 Å². The molecular formula is C10H11NO2. The fourth-order valence-electron chi connectivity index (χ4n) is 1.04. The number of imide groups is 1. The Morgan fingerprint density at radius 3 is 2.62 bits per heavy atom. The van der Waals surface area contributed by atoms with Crippen molar-refractivity contribution in [3.8, 4) is 0 Å². The van der Waals surface area contributed by atoms with Gasteiger partial charge in [0.15, 0.2) is 0 Å². The summed E-state index contributed by atoms with van der Waals surface area (Å²) in [5.41, 5.74) is 1.10. The molecule has 0 aliphatic rings. The van der Waals surface area contributed by atoms with Crippen LogP contribution in [0.3, 0.4) is 0 Å². The number of rotatable bonds is 4. The van der Waals surface area contributed by atoms with E-state index in [0.29, 0.717) is 19.3 Å². The zero-order chi connectivity index (χ0) is 9.52. The fraction of sp³-hybridized carbons (Fsp3) is 0.200. The Kier molecular flexibility index (Phi) is 3.70. The van der Waals surface area contributed by atoms with Crippen LogP contribution < -0.4 is 5.32 Å². The minimum absolute atomic E-state index is 0.237. The molecule has 1 aromatic carbocycles.